The van der Waals surface area contributed by atoms with Crippen molar-refractivity contribution in [2.75, 3.05) is 32.9 Å². The lowest BCUT2D eigenvalue weighted by molar-refractivity contribution is 0.190. The molecule has 1 fully saturated rings. The Morgan fingerprint density at radius 2 is 2.22 bits per heavy atom. The predicted molar refractivity (Wildman–Crippen MR) is 86.1 cm³/mol. The maximum Gasteiger partial charge on any atom is 0.258 e. The molecule has 1 aromatic heterocycles. The van der Waals surface area contributed by atoms with Gasteiger partial charge < -0.3 is 9.84 Å². The smallest absolute Gasteiger partial charge is 0.258 e. The molecule has 0 aliphatic carbocycles. The van der Waals surface area contributed by atoms with E-state index in [4.69, 9.17) is 16.1 Å². The fraction of sp³-hybridized carbons (Fsp3) is 0.429. The first-order valence-electron chi connectivity index (χ1n) is 7.11. The molecule has 2 heterocycles. The first kappa shape index (κ1) is 16.4. The lowest BCUT2D eigenvalue weighted by atomic mass is 10.2. The summed E-state index contributed by atoms with van der Waals surface area (Å²) >= 11 is 5.95. The third kappa shape index (κ3) is 3.40. The van der Waals surface area contributed by atoms with E-state index >= 15 is 0 Å². The molecule has 1 atom stereocenters. The van der Waals surface area contributed by atoms with Crippen LogP contribution in [0.4, 0.5) is 0 Å². The lowest BCUT2D eigenvalue weighted by Gasteiger charge is -2.30. The van der Waals surface area contributed by atoms with Crippen LogP contribution in [0, 0.1) is 0 Å². The number of rotatable bonds is 3. The minimum atomic E-state index is -3.43. The predicted octanol–water partition coefficient (Wildman–Crippen LogP) is 1.37. The highest BCUT2D eigenvalue weighted by Gasteiger charge is 2.26. The number of benzene rings is 1. The summed E-state index contributed by atoms with van der Waals surface area (Å²) in [6.45, 7) is 2.56. The first-order chi connectivity index (χ1) is 10.9. The van der Waals surface area contributed by atoms with Gasteiger partial charge in [-0.3, -0.25) is 4.90 Å². The van der Waals surface area contributed by atoms with E-state index in [-0.39, 0.29) is 21.9 Å². The van der Waals surface area contributed by atoms with Crippen LogP contribution in [-0.2, 0) is 9.84 Å². The van der Waals surface area contributed by atoms with Crippen LogP contribution in [0.5, 0.6) is 0 Å². The molecule has 2 aromatic rings. The van der Waals surface area contributed by atoms with E-state index in [1.807, 2.05) is 7.05 Å². The Hall–Kier alpha value is -1.48. The number of piperazine rings is 1. The molecule has 1 saturated heterocycles. The zero-order valence-electron chi connectivity index (χ0n) is 12.8. The number of likely N-dealkylation sites (N-methyl/N-ethyl adjacent to an activating group) is 1. The zero-order chi connectivity index (χ0) is 16.6. The second-order valence-electron chi connectivity index (χ2n) is 5.58. The van der Waals surface area contributed by atoms with Crippen molar-refractivity contribution in [2.45, 2.75) is 10.9 Å². The van der Waals surface area contributed by atoms with Gasteiger partial charge in [-0.25, -0.2) is 8.42 Å². The summed E-state index contributed by atoms with van der Waals surface area (Å²) in [5.74, 6) is 0.853. The maximum absolute atomic E-state index is 11.8. The molecule has 1 aromatic carbocycles. The van der Waals surface area contributed by atoms with E-state index < -0.39 is 9.84 Å². The molecular formula is C14H17ClN4O3S. The van der Waals surface area contributed by atoms with Crippen LogP contribution in [-0.4, -0.2) is 56.4 Å². The van der Waals surface area contributed by atoms with E-state index in [0.717, 1.165) is 25.9 Å². The molecule has 0 radical (unpaired) electrons. The van der Waals surface area contributed by atoms with Crippen molar-refractivity contribution in [1.82, 2.24) is 20.4 Å². The number of sulfone groups is 1. The van der Waals surface area contributed by atoms with Gasteiger partial charge in [-0.2, -0.15) is 4.98 Å². The minimum Gasteiger partial charge on any atom is -0.334 e. The summed E-state index contributed by atoms with van der Waals surface area (Å²) in [5.41, 5.74) is 0.528. The van der Waals surface area contributed by atoms with E-state index in [1.165, 1.54) is 12.1 Å². The van der Waals surface area contributed by atoms with E-state index in [1.54, 1.807) is 6.07 Å². The Kier molecular flexibility index (Phi) is 4.41. The summed E-state index contributed by atoms with van der Waals surface area (Å²) in [5, 5.41) is 7.49. The van der Waals surface area contributed by atoms with Gasteiger partial charge in [0.15, 0.2) is 15.7 Å². The van der Waals surface area contributed by atoms with Crippen LogP contribution in [0.15, 0.2) is 27.6 Å². The quantitative estimate of drug-likeness (QED) is 0.888. The summed E-state index contributed by atoms with van der Waals surface area (Å²) in [7, 11) is -1.42. The molecular weight excluding hydrogens is 340 g/mol. The van der Waals surface area contributed by atoms with Gasteiger partial charge in [0.25, 0.3) is 5.89 Å². The summed E-state index contributed by atoms with van der Waals surface area (Å²) in [6.07, 6.45) is 1.11. The largest absolute Gasteiger partial charge is 0.334 e. The molecule has 7 nitrogen and oxygen atoms in total. The Bertz CT molecular complexity index is 821. The van der Waals surface area contributed by atoms with Crippen LogP contribution < -0.4 is 5.32 Å². The number of nitrogens with one attached hydrogen (secondary N) is 1. The standard InChI is InChI=1S/C14H17ClN4O3S/c1-19-6-5-16-8-11(19)13-17-14(22-18-13)9-3-4-10(15)12(7-9)23(2,20)21/h3-4,7,11,16H,5-6,8H2,1-2H3. The summed E-state index contributed by atoms with van der Waals surface area (Å²) in [6, 6.07) is 4.67. The monoisotopic (exact) mass is 356 g/mol. The minimum absolute atomic E-state index is 0.0305. The molecule has 1 N–H and O–H groups in total. The van der Waals surface area contributed by atoms with Gasteiger partial charge in [-0.15, -0.1) is 0 Å². The van der Waals surface area contributed by atoms with E-state index in [2.05, 4.69) is 20.4 Å². The normalized spacial score (nSPS) is 19.9. The molecule has 23 heavy (non-hydrogen) atoms. The molecule has 0 saturated carbocycles. The van der Waals surface area contributed by atoms with Crippen molar-refractivity contribution in [1.29, 1.82) is 0 Å². The van der Waals surface area contributed by atoms with Crippen molar-refractivity contribution in [3.63, 3.8) is 0 Å². The average molecular weight is 357 g/mol. The summed E-state index contributed by atoms with van der Waals surface area (Å²) < 4.78 is 28.8. The first-order valence-corrected chi connectivity index (χ1v) is 9.38. The molecule has 0 spiro atoms. The lowest BCUT2D eigenvalue weighted by Crippen LogP contribution is -2.44. The maximum atomic E-state index is 11.8. The number of nitrogens with zero attached hydrogens (tertiary/aromatic N) is 3. The second kappa shape index (κ2) is 6.20. The number of halogens is 1. The van der Waals surface area contributed by atoms with Gasteiger partial charge in [0.05, 0.1) is 16.0 Å². The Balaban J connectivity index is 1.94. The van der Waals surface area contributed by atoms with E-state index in [0.29, 0.717) is 11.4 Å². The molecule has 1 aliphatic heterocycles. The molecule has 9 heteroatoms. The Morgan fingerprint density at radius 3 is 2.91 bits per heavy atom. The fourth-order valence-corrected chi connectivity index (χ4v) is 3.80. The van der Waals surface area contributed by atoms with Crippen molar-refractivity contribution in [3.05, 3.63) is 29.0 Å². The van der Waals surface area contributed by atoms with Gasteiger partial charge in [0, 0.05) is 31.5 Å². The number of hydrogen-bond acceptors (Lipinski definition) is 7. The van der Waals surface area contributed by atoms with Gasteiger partial charge in [-0.05, 0) is 25.2 Å². The molecule has 124 valence electrons. The van der Waals surface area contributed by atoms with Crippen LogP contribution in [0.25, 0.3) is 11.5 Å². The van der Waals surface area contributed by atoms with Crippen molar-refractivity contribution >= 4 is 21.4 Å². The number of aromatic nitrogens is 2. The van der Waals surface area contributed by atoms with Crippen molar-refractivity contribution in [3.8, 4) is 11.5 Å². The van der Waals surface area contributed by atoms with Crippen LogP contribution >= 0.6 is 11.6 Å². The van der Waals surface area contributed by atoms with Gasteiger partial charge in [-0.1, -0.05) is 16.8 Å². The molecule has 1 unspecified atom stereocenters. The highest BCUT2D eigenvalue weighted by Crippen LogP contribution is 2.28. The average Bonchev–Trinajstić information content (AvgIpc) is 2.96. The van der Waals surface area contributed by atoms with Gasteiger partial charge in [0.1, 0.15) is 0 Å². The zero-order valence-corrected chi connectivity index (χ0v) is 14.4. The van der Waals surface area contributed by atoms with Crippen LogP contribution in [0.2, 0.25) is 5.02 Å². The SMILES string of the molecule is CN1CCNCC1c1noc(-c2ccc(Cl)c(S(C)(=O)=O)c2)n1. The molecule has 3 rings (SSSR count). The van der Waals surface area contributed by atoms with E-state index in [9.17, 15) is 8.42 Å². The summed E-state index contributed by atoms with van der Waals surface area (Å²) in [4.78, 5) is 6.61. The van der Waals surface area contributed by atoms with Gasteiger partial charge >= 0.3 is 0 Å². The molecule has 0 amide bonds. The fourth-order valence-electron chi connectivity index (χ4n) is 2.50. The van der Waals surface area contributed by atoms with Crippen molar-refractivity contribution in [2.24, 2.45) is 0 Å². The topological polar surface area (TPSA) is 88.3 Å². The number of hydrogen-bond donors (Lipinski definition) is 1. The Morgan fingerprint density at radius 1 is 1.43 bits per heavy atom. The van der Waals surface area contributed by atoms with Gasteiger partial charge in [0.2, 0.25) is 0 Å². The highest BCUT2D eigenvalue weighted by atomic mass is 35.5. The third-order valence-corrected chi connectivity index (χ3v) is 5.41. The van der Waals surface area contributed by atoms with Crippen molar-refractivity contribution < 1.29 is 12.9 Å². The second-order valence-corrected chi connectivity index (χ2v) is 7.97. The molecule has 0 bridgehead atoms. The van der Waals surface area contributed by atoms with Crippen LogP contribution in [0.3, 0.4) is 0 Å². The van der Waals surface area contributed by atoms with Crippen LogP contribution in [0.1, 0.15) is 11.9 Å². The highest BCUT2D eigenvalue weighted by molar-refractivity contribution is 7.90. The molecule has 1 aliphatic rings. The Labute approximate surface area is 139 Å². The third-order valence-electron chi connectivity index (χ3n) is 3.83.